The van der Waals surface area contributed by atoms with Crippen LogP contribution >= 0.6 is 11.3 Å². The quantitative estimate of drug-likeness (QED) is 0.167. The summed E-state index contributed by atoms with van der Waals surface area (Å²) in [5.74, 6) is 7.08. The molecule has 0 bridgehead atoms. The fourth-order valence-corrected chi connectivity index (χ4v) is 5.70. The summed E-state index contributed by atoms with van der Waals surface area (Å²) in [6, 6.07) is 12.7. The van der Waals surface area contributed by atoms with E-state index >= 15 is 0 Å². The van der Waals surface area contributed by atoms with Gasteiger partial charge in [-0.2, -0.15) is 0 Å². The zero-order chi connectivity index (χ0) is 23.4. The van der Waals surface area contributed by atoms with Gasteiger partial charge in [0.05, 0.1) is 12.2 Å². The Hall–Kier alpha value is -2.90. The SMILES string of the molecule is CCC1CCc2c(sc3cc(OCCCCN(N)C(=O)c4ccccc4N)ccc3c2=O)C1. The first-order chi connectivity index (χ1) is 16.0. The Morgan fingerprint density at radius 1 is 1.21 bits per heavy atom. The molecule has 2 aromatic carbocycles. The lowest BCUT2D eigenvalue weighted by atomic mass is 9.87. The highest BCUT2D eigenvalue weighted by atomic mass is 32.1. The second-order valence-corrected chi connectivity index (χ2v) is 9.79. The van der Waals surface area contributed by atoms with Crippen molar-refractivity contribution in [2.45, 2.75) is 45.4 Å². The molecule has 1 aromatic heterocycles. The highest BCUT2D eigenvalue weighted by Gasteiger charge is 2.22. The van der Waals surface area contributed by atoms with E-state index in [4.69, 9.17) is 16.3 Å². The molecule has 1 amide bonds. The number of nitrogen functional groups attached to an aromatic ring is 1. The number of para-hydroxylation sites is 1. The molecule has 0 fully saturated rings. The van der Waals surface area contributed by atoms with Crippen LogP contribution in [0, 0.1) is 5.92 Å². The number of carbonyl (C=O) groups excluding carboxylic acids is 1. The van der Waals surface area contributed by atoms with Crippen molar-refractivity contribution in [2.24, 2.45) is 11.8 Å². The molecule has 1 aliphatic carbocycles. The number of hydrogen-bond donors (Lipinski definition) is 2. The minimum Gasteiger partial charge on any atom is -0.494 e. The lowest BCUT2D eigenvalue weighted by Gasteiger charge is -2.22. The Morgan fingerprint density at radius 2 is 2.03 bits per heavy atom. The van der Waals surface area contributed by atoms with Crippen LogP contribution < -0.4 is 21.7 Å². The lowest BCUT2D eigenvalue weighted by Crippen LogP contribution is -2.38. The second-order valence-electron chi connectivity index (χ2n) is 8.65. The molecule has 1 aliphatic rings. The number of unbranched alkanes of at least 4 members (excludes halogenated alkanes) is 1. The molecule has 0 spiro atoms. The molecule has 4 N–H and O–H groups in total. The Kier molecular flexibility index (Phi) is 7.30. The zero-order valence-electron chi connectivity index (χ0n) is 19.0. The molecule has 174 valence electrons. The summed E-state index contributed by atoms with van der Waals surface area (Å²) in [4.78, 5) is 26.6. The minimum atomic E-state index is -0.285. The van der Waals surface area contributed by atoms with Crippen LogP contribution in [0.15, 0.2) is 47.3 Å². The number of carbonyl (C=O) groups is 1. The van der Waals surface area contributed by atoms with Gasteiger partial charge in [-0.25, -0.2) is 5.84 Å². The number of benzene rings is 2. The molecule has 33 heavy (non-hydrogen) atoms. The van der Waals surface area contributed by atoms with Crippen molar-refractivity contribution < 1.29 is 9.53 Å². The van der Waals surface area contributed by atoms with E-state index in [1.165, 1.54) is 9.89 Å². The number of hydrogen-bond acceptors (Lipinski definition) is 6. The first-order valence-electron chi connectivity index (χ1n) is 11.6. The molecule has 1 atom stereocenters. The molecule has 1 heterocycles. The standard InChI is InChI=1S/C26H31N3O3S/c1-2-17-9-11-20-23(15-17)33-24-16-18(10-12-21(24)25(20)30)32-14-6-5-13-29(28)26(31)19-7-3-4-8-22(19)27/h3-4,7-8,10,12,16-17H,2,5-6,9,11,13-15,27-28H2,1H3. The van der Waals surface area contributed by atoms with Crippen molar-refractivity contribution in [1.82, 2.24) is 5.01 Å². The van der Waals surface area contributed by atoms with E-state index in [-0.39, 0.29) is 11.3 Å². The lowest BCUT2D eigenvalue weighted by molar-refractivity contribution is 0.0751. The summed E-state index contributed by atoms with van der Waals surface area (Å²) < 4.78 is 6.92. The maximum absolute atomic E-state index is 12.9. The van der Waals surface area contributed by atoms with Crippen molar-refractivity contribution in [2.75, 3.05) is 18.9 Å². The van der Waals surface area contributed by atoms with Crippen LogP contribution in [-0.4, -0.2) is 24.1 Å². The number of amides is 1. The van der Waals surface area contributed by atoms with Gasteiger partial charge >= 0.3 is 0 Å². The largest absolute Gasteiger partial charge is 0.494 e. The summed E-state index contributed by atoms with van der Waals surface area (Å²) in [6.07, 6.45) is 5.64. The summed E-state index contributed by atoms with van der Waals surface area (Å²) in [6.45, 7) is 3.15. The topological polar surface area (TPSA) is 98.7 Å². The zero-order valence-corrected chi connectivity index (χ0v) is 19.8. The molecule has 0 saturated carbocycles. The molecular weight excluding hydrogens is 434 g/mol. The van der Waals surface area contributed by atoms with Gasteiger partial charge in [-0.1, -0.05) is 25.5 Å². The molecule has 0 radical (unpaired) electrons. The van der Waals surface area contributed by atoms with Crippen molar-refractivity contribution in [3.8, 4) is 5.75 Å². The molecule has 0 aliphatic heterocycles. The van der Waals surface area contributed by atoms with Gasteiger partial charge in [0.2, 0.25) is 0 Å². The monoisotopic (exact) mass is 465 g/mol. The summed E-state index contributed by atoms with van der Waals surface area (Å²) in [5.41, 5.74) is 7.90. The number of rotatable bonds is 8. The summed E-state index contributed by atoms with van der Waals surface area (Å²) >= 11 is 1.74. The van der Waals surface area contributed by atoms with Gasteiger partial charge in [0.25, 0.3) is 5.91 Å². The van der Waals surface area contributed by atoms with Crippen molar-refractivity contribution in [3.63, 3.8) is 0 Å². The van der Waals surface area contributed by atoms with Crippen LogP contribution in [0.2, 0.25) is 0 Å². The van der Waals surface area contributed by atoms with Crippen molar-refractivity contribution in [3.05, 3.63) is 68.7 Å². The van der Waals surface area contributed by atoms with E-state index in [1.54, 1.807) is 35.6 Å². The fourth-order valence-electron chi connectivity index (χ4n) is 4.35. The number of fused-ring (bicyclic) bond motifs is 2. The molecule has 1 unspecified atom stereocenters. The number of nitrogens with zero attached hydrogens (tertiary/aromatic N) is 1. The molecule has 3 aromatic rings. The van der Waals surface area contributed by atoms with E-state index < -0.39 is 0 Å². The van der Waals surface area contributed by atoms with Crippen LogP contribution in [0.25, 0.3) is 10.1 Å². The normalized spacial score (nSPS) is 15.3. The summed E-state index contributed by atoms with van der Waals surface area (Å²) in [7, 11) is 0. The third-order valence-electron chi connectivity index (χ3n) is 6.41. The average molecular weight is 466 g/mol. The van der Waals surface area contributed by atoms with E-state index in [9.17, 15) is 9.59 Å². The predicted molar refractivity (Wildman–Crippen MR) is 135 cm³/mol. The third kappa shape index (κ3) is 5.20. The minimum absolute atomic E-state index is 0.187. The molecule has 4 rings (SSSR count). The van der Waals surface area contributed by atoms with E-state index in [0.29, 0.717) is 36.7 Å². The Bertz CT molecular complexity index is 1210. The smallest absolute Gasteiger partial charge is 0.269 e. The van der Waals surface area contributed by atoms with Gasteiger partial charge in [0.1, 0.15) is 5.75 Å². The first kappa shape index (κ1) is 23.3. The van der Waals surface area contributed by atoms with Crippen LogP contribution in [0.5, 0.6) is 5.75 Å². The van der Waals surface area contributed by atoms with E-state index in [2.05, 4.69) is 6.92 Å². The van der Waals surface area contributed by atoms with Gasteiger partial charge in [-0.3, -0.25) is 14.6 Å². The third-order valence-corrected chi connectivity index (χ3v) is 7.63. The number of nitrogens with two attached hydrogens (primary N) is 2. The molecule has 7 heteroatoms. The number of hydrazine groups is 1. The highest BCUT2D eigenvalue weighted by molar-refractivity contribution is 7.18. The second kappa shape index (κ2) is 10.4. The van der Waals surface area contributed by atoms with E-state index in [0.717, 1.165) is 53.5 Å². The number of anilines is 1. The Labute approximate surface area is 198 Å². The maximum Gasteiger partial charge on any atom is 0.269 e. The summed E-state index contributed by atoms with van der Waals surface area (Å²) in [5, 5.41) is 1.99. The maximum atomic E-state index is 12.9. The molecule has 6 nitrogen and oxygen atoms in total. The average Bonchev–Trinajstić information content (AvgIpc) is 2.83. The van der Waals surface area contributed by atoms with Crippen LogP contribution in [0.1, 0.15) is 53.4 Å². The van der Waals surface area contributed by atoms with Gasteiger partial charge in [0, 0.05) is 32.8 Å². The van der Waals surface area contributed by atoms with Gasteiger partial charge in [-0.05, 0) is 68.4 Å². The van der Waals surface area contributed by atoms with Crippen LogP contribution in [-0.2, 0) is 12.8 Å². The number of ether oxygens (including phenoxy) is 1. The van der Waals surface area contributed by atoms with Crippen molar-refractivity contribution in [1.29, 1.82) is 0 Å². The Balaban J connectivity index is 1.32. The fraction of sp³-hybridized carbons (Fsp3) is 0.385. The van der Waals surface area contributed by atoms with Crippen LogP contribution in [0.4, 0.5) is 5.69 Å². The van der Waals surface area contributed by atoms with Crippen LogP contribution in [0.3, 0.4) is 0 Å². The molecule has 0 saturated heterocycles. The Morgan fingerprint density at radius 3 is 2.82 bits per heavy atom. The van der Waals surface area contributed by atoms with E-state index in [1.807, 2.05) is 18.2 Å². The highest BCUT2D eigenvalue weighted by Crippen LogP contribution is 2.33. The first-order valence-corrected chi connectivity index (χ1v) is 12.4. The van der Waals surface area contributed by atoms with Gasteiger partial charge in [0.15, 0.2) is 5.43 Å². The molecular formula is C26H31N3O3S. The van der Waals surface area contributed by atoms with Gasteiger partial charge < -0.3 is 10.5 Å². The predicted octanol–water partition coefficient (Wildman–Crippen LogP) is 4.53. The van der Waals surface area contributed by atoms with Crippen molar-refractivity contribution >= 4 is 33.0 Å². The van der Waals surface area contributed by atoms with Gasteiger partial charge in [-0.15, -0.1) is 11.3 Å².